The van der Waals surface area contributed by atoms with Gasteiger partial charge in [-0.15, -0.1) is 0 Å². The Morgan fingerprint density at radius 3 is 2.56 bits per heavy atom. The van der Waals surface area contributed by atoms with Crippen molar-refractivity contribution in [3.8, 4) is 0 Å². The zero-order valence-electron chi connectivity index (χ0n) is 11.6. The standard InChI is InChI=1S/C16H23NO/c1-16(2,3)11-15(18)17-10-9-14(12-17)13-7-5-4-6-8-13/h4-8,14H,9-12H2,1-3H3. The molecular formula is C16H23NO. The highest BCUT2D eigenvalue weighted by Crippen LogP contribution is 2.29. The number of likely N-dealkylation sites (tertiary alicyclic amines) is 1. The van der Waals surface area contributed by atoms with Crippen molar-refractivity contribution in [3.05, 3.63) is 35.9 Å². The summed E-state index contributed by atoms with van der Waals surface area (Å²) < 4.78 is 0. The fraction of sp³-hybridized carbons (Fsp3) is 0.562. The van der Waals surface area contributed by atoms with Crippen LogP contribution in [0.3, 0.4) is 0 Å². The van der Waals surface area contributed by atoms with Crippen molar-refractivity contribution in [1.82, 2.24) is 4.90 Å². The van der Waals surface area contributed by atoms with E-state index in [0.29, 0.717) is 18.2 Å². The molecule has 0 N–H and O–H groups in total. The van der Waals surface area contributed by atoms with Crippen LogP contribution < -0.4 is 0 Å². The molecule has 0 saturated carbocycles. The molecule has 1 saturated heterocycles. The van der Waals surface area contributed by atoms with Crippen LogP contribution in [0.1, 0.15) is 45.1 Å². The average Bonchev–Trinajstić information content (AvgIpc) is 2.77. The van der Waals surface area contributed by atoms with E-state index >= 15 is 0 Å². The summed E-state index contributed by atoms with van der Waals surface area (Å²) in [5.41, 5.74) is 1.45. The molecule has 0 bridgehead atoms. The molecule has 1 unspecified atom stereocenters. The molecule has 1 aromatic rings. The van der Waals surface area contributed by atoms with E-state index in [0.717, 1.165) is 19.5 Å². The lowest BCUT2D eigenvalue weighted by Crippen LogP contribution is -2.31. The van der Waals surface area contributed by atoms with E-state index < -0.39 is 0 Å². The maximum Gasteiger partial charge on any atom is 0.223 e. The van der Waals surface area contributed by atoms with Gasteiger partial charge in [-0.1, -0.05) is 51.1 Å². The van der Waals surface area contributed by atoms with Gasteiger partial charge >= 0.3 is 0 Å². The summed E-state index contributed by atoms with van der Waals surface area (Å²) in [6.07, 6.45) is 1.74. The van der Waals surface area contributed by atoms with Gasteiger partial charge in [0.25, 0.3) is 0 Å². The van der Waals surface area contributed by atoms with Crippen LogP contribution in [0.4, 0.5) is 0 Å². The molecule has 1 amide bonds. The number of benzene rings is 1. The molecule has 2 nitrogen and oxygen atoms in total. The minimum atomic E-state index is 0.0852. The molecule has 2 rings (SSSR count). The molecule has 18 heavy (non-hydrogen) atoms. The summed E-state index contributed by atoms with van der Waals surface area (Å²) in [7, 11) is 0. The quantitative estimate of drug-likeness (QED) is 0.781. The van der Waals surface area contributed by atoms with E-state index in [4.69, 9.17) is 0 Å². The summed E-state index contributed by atoms with van der Waals surface area (Å²) in [4.78, 5) is 14.2. The maximum absolute atomic E-state index is 12.2. The molecule has 2 heteroatoms. The largest absolute Gasteiger partial charge is 0.342 e. The minimum absolute atomic E-state index is 0.0852. The molecule has 1 aliphatic heterocycles. The Labute approximate surface area is 110 Å². The van der Waals surface area contributed by atoms with Crippen molar-refractivity contribution in [2.45, 2.75) is 39.5 Å². The molecule has 98 valence electrons. The second-order valence-corrected chi connectivity index (χ2v) is 6.47. The second kappa shape index (κ2) is 5.13. The molecule has 0 aromatic heterocycles. The summed E-state index contributed by atoms with van der Waals surface area (Å²) in [5, 5.41) is 0. The Balaban J connectivity index is 1.95. The van der Waals surface area contributed by atoms with Crippen LogP contribution in [0.5, 0.6) is 0 Å². The lowest BCUT2D eigenvalue weighted by molar-refractivity contribution is -0.132. The molecule has 1 aromatic carbocycles. The fourth-order valence-corrected chi connectivity index (χ4v) is 2.55. The SMILES string of the molecule is CC(C)(C)CC(=O)N1CCC(c2ccccc2)C1. The monoisotopic (exact) mass is 245 g/mol. The minimum Gasteiger partial charge on any atom is -0.342 e. The summed E-state index contributed by atoms with van der Waals surface area (Å²) in [6, 6.07) is 10.5. The van der Waals surface area contributed by atoms with E-state index in [1.807, 2.05) is 11.0 Å². The maximum atomic E-state index is 12.2. The van der Waals surface area contributed by atoms with Gasteiger partial charge in [-0.25, -0.2) is 0 Å². The predicted octanol–water partition coefficient (Wildman–Crippen LogP) is 3.44. The second-order valence-electron chi connectivity index (χ2n) is 6.47. The number of rotatable bonds is 2. The Morgan fingerprint density at radius 2 is 1.94 bits per heavy atom. The van der Waals surface area contributed by atoms with Gasteiger partial charge in [0.05, 0.1) is 0 Å². The zero-order valence-corrected chi connectivity index (χ0v) is 11.6. The smallest absolute Gasteiger partial charge is 0.223 e. The first-order valence-corrected chi connectivity index (χ1v) is 6.78. The third-order valence-electron chi connectivity index (χ3n) is 3.49. The van der Waals surface area contributed by atoms with E-state index in [-0.39, 0.29) is 5.41 Å². The average molecular weight is 245 g/mol. The van der Waals surface area contributed by atoms with Gasteiger partial charge in [0, 0.05) is 25.4 Å². The van der Waals surface area contributed by atoms with Crippen molar-refractivity contribution >= 4 is 5.91 Å². The van der Waals surface area contributed by atoms with E-state index in [1.54, 1.807) is 0 Å². The van der Waals surface area contributed by atoms with Crippen LogP contribution in [0, 0.1) is 5.41 Å². The Hall–Kier alpha value is -1.31. The Kier molecular flexibility index (Phi) is 3.74. The molecule has 0 aliphatic carbocycles. The van der Waals surface area contributed by atoms with Crippen molar-refractivity contribution in [2.24, 2.45) is 5.41 Å². The zero-order chi connectivity index (χ0) is 13.2. The highest BCUT2D eigenvalue weighted by atomic mass is 16.2. The lowest BCUT2D eigenvalue weighted by atomic mass is 9.91. The van der Waals surface area contributed by atoms with E-state index in [2.05, 4.69) is 45.0 Å². The number of nitrogens with zero attached hydrogens (tertiary/aromatic N) is 1. The number of hydrogen-bond acceptors (Lipinski definition) is 1. The molecule has 0 radical (unpaired) electrons. The lowest BCUT2D eigenvalue weighted by Gasteiger charge is -2.23. The summed E-state index contributed by atoms with van der Waals surface area (Å²) in [6.45, 7) is 8.16. The van der Waals surface area contributed by atoms with E-state index in [1.165, 1.54) is 5.56 Å². The van der Waals surface area contributed by atoms with Gasteiger partial charge in [0.2, 0.25) is 5.91 Å². The Morgan fingerprint density at radius 1 is 1.28 bits per heavy atom. The third kappa shape index (κ3) is 3.34. The van der Waals surface area contributed by atoms with Gasteiger partial charge in [-0.3, -0.25) is 4.79 Å². The first kappa shape index (κ1) is 13.1. The first-order chi connectivity index (χ1) is 8.46. The molecule has 1 fully saturated rings. The van der Waals surface area contributed by atoms with Crippen LogP contribution >= 0.6 is 0 Å². The highest BCUT2D eigenvalue weighted by Gasteiger charge is 2.29. The van der Waals surface area contributed by atoms with Crippen LogP contribution in [0.2, 0.25) is 0 Å². The van der Waals surface area contributed by atoms with E-state index in [9.17, 15) is 4.79 Å². The molecule has 0 spiro atoms. The van der Waals surface area contributed by atoms with Crippen LogP contribution in [0.15, 0.2) is 30.3 Å². The van der Waals surface area contributed by atoms with Crippen LogP contribution in [-0.2, 0) is 4.79 Å². The highest BCUT2D eigenvalue weighted by molar-refractivity contribution is 5.77. The molecule has 1 atom stereocenters. The number of carbonyl (C=O) groups is 1. The number of hydrogen-bond donors (Lipinski definition) is 0. The predicted molar refractivity (Wildman–Crippen MR) is 74.5 cm³/mol. The van der Waals surface area contributed by atoms with Crippen LogP contribution in [0.25, 0.3) is 0 Å². The molecule has 1 aliphatic rings. The van der Waals surface area contributed by atoms with Gasteiger partial charge in [0.1, 0.15) is 0 Å². The first-order valence-electron chi connectivity index (χ1n) is 6.78. The summed E-state index contributed by atoms with van der Waals surface area (Å²) in [5.74, 6) is 0.830. The van der Waals surface area contributed by atoms with Crippen molar-refractivity contribution in [1.29, 1.82) is 0 Å². The van der Waals surface area contributed by atoms with Gasteiger partial charge < -0.3 is 4.90 Å². The topological polar surface area (TPSA) is 20.3 Å². The van der Waals surface area contributed by atoms with Crippen LogP contribution in [-0.4, -0.2) is 23.9 Å². The van der Waals surface area contributed by atoms with Gasteiger partial charge in [0.15, 0.2) is 0 Å². The van der Waals surface area contributed by atoms with Gasteiger partial charge in [-0.2, -0.15) is 0 Å². The third-order valence-corrected chi connectivity index (χ3v) is 3.49. The normalized spacial score (nSPS) is 20.2. The van der Waals surface area contributed by atoms with Crippen molar-refractivity contribution < 1.29 is 4.79 Å². The molecular weight excluding hydrogens is 222 g/mol. The van der Waals surface area contributed by atoms with Crippen molar-refractivity contribution in [2.75, 3.05) is 13.1 Å². The van der Waals surface area contributed by atoms with Crippen molar-refractivity contribution in [3.63, 3.8) is 0 Å². The molecule has 1 heterocycles. The number of carbonyl (C=O) groups excluding carboxylic acids is 1. The van der Waals surface area contributed by atoms with Gasteiger partial charge in [-0.05, 0) is 17.4 Å². The number of amides is 1. The fourth-order valence-electron chi connectivity index (χ4n) is 2.55. The Bertz CT molecular complexity index is 405. The summed E-state index contributed by atoms with van der Waals surface area (Å²) >= 11 is 0.